The number of nitrogens with one attached hydrogen (secondary N) is 1. The molecule has 0 aromatic heterocycles. The third-order valence-corrected chi connectivity index (χ3v) is 6.55. The Hall–Kier alpha value is -2.58. The van der Waals surface area contributed by atoms with Gasteiger partial charge in [0.15, 0.2) is 0 Å². The molecule has 0 aliphatic carbocycles. The van der Waals surface area contributed by atoms with E-state index in [0.29, 0.717) is 12.1 Å². The average molecular weight is 419 g/mol. The summed E-state index contributed by atoms with van der Waals surface area (Å²) < 4.78 is 33.8. The van der Waals surface area contributed by atoms with E-state index < -0.39 is 16.0 Å². The van der Waals surface area contributed by atoms with Crippen molar-refractivity contribution in [1.82, 2.24) is 4.72 Å². The molecule has 156 valence electrons. The third kappa shape index (κ3) is 5.27. The lowest BCUT2D eigenvalue weighted by Gasteiger charge is -2.30. The Morgan fingerprint density at radius 2 is 1.79 bits per heavy atom. The second-order valence-corrected chi connectivity index (χ2v) is 8.77. The lowest BCUT2D eigenvalue weighted by atomic mass is 10.1. The van der Waals surface area contributed by atoms with Gasteiger partial charge >= 0.3 is 5.97 Å². The van der Waals surface area contributed by atoms with Crippen LogP contribution in [-0.4, -0.2) is 46.2 Å². The molecule has 0 unspecified atom stereocenters. The quantitative estimate of drug-likeness (QED) is 0.684. The number of carboxylic acids is 1. The maximum Gasteiger partial charge on any atom is 0.335 e. The van der Waals surface area contributed by atoms with Crippen LogP contribution < -0.4 is 14.4 Å². The van der Waals surface area contributed by atoms with Gasteiger partial charge in [-0.3, -0.25) is 0 Å². The molecule has 2 N–H and O–H groups in total. The number of methoxy groups -OCH3 is 1. The predicted octanol–water partition coefficient (Wildman–Crippen LogP) is 2.90. The van der Waals surface area contributed by atoms with Gasteiger partial charge in [-0.25, -0.2) is 17.9 Å². The number of aromatic carboxylic acids is 1. The molecule has 0 spiro atoms. The molecule has 29 heavy (non-hydrogen) atoms. The Balaban J connectivity index is 1.79. The number of anilines is 1. The molecule has 0 radical (unpaired) electrons. The van der Waals surface area contributed by atoms with Gasteiger partial charge in [0.1, 0.15) is 10.6 Å². The lowest BCUT2D eigenvalue weighted by molar-refractivity contribution is 0.0696. The highest BCUT2D eigenvalue weighted by atomic mass is 32.2. The number of piperidine rings is 1. The second-order valence-electron chi connectivity index (χ2n) is 7.03. The number of nitrogens with zero attached hydrogens (tertiary/aromatic N) is 1. The van der Waals surface area contributed by atoms with E-state index in [9.17, 15) is 18.3 Å². The summed E-state index contributed by atoms with van der Waals surface area (Å²) in [4.78, 5) is 13.4. The van der Waals surface area contributed by atoms with Crippen LogP contribution in [0.2, 0.25) is 0 Å². The minimum atomic E-state index is -3.86. The predicted molar refractivity (Wildman–Crippen MR) is 111 cm³/mol. The van der Waals surface area contributed by atoms with Crippen LogP contribution in [0.3, 0.4) is 0 Å². The fourth-order valence-corrected chi connectivity index (χ4v) is 4.74. The Kier molecular flexibility index (Phi) is 6.76. The molecule has 3 rings (SSSR count). The fourth-order valence-electron chi connectivity index (χ4n) is 3.46. The van der Waals surface area contributed by atoms with Gasteiger partial charge in [0.2, 0.25) is 10.0 Å². The molecule has 1 heterocycles. The van der Waals surface area contributed by atoms with Crippen molar-refractivity contribution in [3.63, 3.8) is 0 Å². The zero-order valence-electron chi connectivity index (χ0n) is 16.4. The molecule has 1 fully saturated rings. The first-order valence-corrected chi connectivity index (χ1v) is 11.1. The first-order chi connectivity index (χ1) is 13.9. The number of carboxylic acid groups (broad SMARTS) is 1. The van der Waals surface area contributed by atoms with Crippen LogP contribution in [0.4, 0.5) is 5.69 Å². The molecule has 0 amide bonds. The molecular formula is C21H26N2O5S. The van der Waals surface area contributed by atoms with E-state index in [1.165, 1.54) is 12.1 Å². The third-order valence-electron chi connectivity index (χ3n) is 5.06. The summed E-state index contributed by atoms with van der Waals surface area (Å²) in [6, 6.07) is 11.7. The van der Waals surface area contributed by atoms with Crippen molar-refractivity contribution in [2.24, 2.45) is 0 Å². The smallest absolute Gasteiger partial charge is 0.335 e. The van der Waals surface area contributed by atoms with Gasteiger partial charge in [-0.15, -0.1) is 0 Å². The van der Waals surface area contributed by atoms with E-state index >= 15 is 0 Å². The van der Waals surface area contributed by atoms with E-state index in [-0.39, 0.29) is 17.0 Å². The average Bonchev–Trinajstić information content (AvgIpc) is 2.74. The van der Waals surface area contributed by atoms with Crippen molar-refractivity contribution in [1.29, 1.82) is 0 Å². The summed E-state index contributed by atoms with van der Waals surface area (Å²) in [6.07, 6.45) is 3.61. The Labute approximate surface area is 171 Å². The molecule has 8 heteroatoms. The van der Waals surface area contributed by atoms with E-state index in [0.717, 1.165) is 43.7 Å². The van der Waals surface area contributed by atoms with Gasteiger partial charge in [0.25, 0.3) is 0 Å². The van der Waals surface area contributed by atoms with Crippen LogP contribution in [0, 0.1) is 0 Å². The maximum atomic E-state index is 13.0. The summed E-state index contributed by atoms with van der Waals surface area (Å²) in [7, 11) is -2.27. The Morgan fingerprint density at radius 1 is 1.10 bits per heavy atom. The molecule has 0 atom stereocenters. The van der Waals surface area contributed by atoms with Gasteiger partial charge in [-0.05, 0) is 61.6 Å². The lowest BCUT2D eigenvalue weighted by Crippen LogP contribution is -2.33. The molecule has 0 saturated carbocycles. The molecular weight excluding hydrogens is 392 g/mol. The van der Waals surface area contributed by atoms with Crippen molar-refractivity contribution in [3.05, 3.63) is 53.6 Å². The zero-order chi connectivity index (χ0) is 20.9. The summed E-state index contributed by atoms with van der Waals surface area (Å²) in [6.45, 7) is 1.74. The number of rotatable bonds is 8. The van der Waals surface area contributed by atoms with Crippen LogP contribution in [0.5, 0.6) is 5.75 Å². The first kappa shape index (κ1) is 21.1. The Bertz CT molecular complexity index is 952. The number of carbonyl (C=O) groups is 1. The normalized spacial score (nSPS) is 14.6. The Morgan fingerprint density at radius 3 is 2.41 bits per heavy atom. The monoisotopic (exact) mass is 418 g/mol. The molecule has 0 bridgehead atoms. The molecule has 1 saturated heterocycles. The largest absolute Gasteiger partial charge is 0.497 e. The van der Waals surface area contributed by atoms with Crippen molar-refractivity contribution in [3.8, 4) is 5.75 Å². The summed E-state index contributed by atoms with van der Waals surface area (Å²) in [5.74, 6) is -0.407. The van der Waals surface area contributed by atoms with E-state index in [1.54, 1.807) is 13.2 Å². The SMILES string of the molecule is COc1ccc(CCNS(=O)(=O)c2cc(C(=O)O)ccc2N2CCCCC2)cc1. The van der Waals surface area contributed by atoms with Crippen molar-refractivity contribution in [2.45, 2.75) is 30.6 Å². The van der Waals surface area contributed by atoms with Crippen LogP contribution in [0.25, 0.3) is 0 Å². The minimum Gasteiger partial charge on any atom is -0.497 e. The maximum absolute atomic E-state index is 13.0. The van der Waals surface area contributed by atoms with Crippen molar-refractivity contribution in [2.75, 3.05) is 31.6 Å². The number of benzene rings is 2. The standard InChI is InChI=1S/C21H26N2O5S/c1-28-18-8-5-16(6-9-18)11-12-22-29(26,27)20-15-17(21(24)25)7-10-19(20)23-13-3-2-4-14-23/h5-10,15,22H,2-4,11-14H2,1H3,(H,24,25). The van der Waals surface area contributed by atoms with Crippen molar-refractivity contribution < 1.29 is 23.1 Å². The molecule has 2 aromatic rings. The first-order valence-electron chi connectivity index (χ1n) is 9.65. The molecule has 2 aromatic carbocycles. The van der Waals surface area contributed by atoms with Crippen LogP contribution in [-0.2, 0) is 16.4 Å². The highest BCUT2D eigenvalue weighted by Gasteiger charge is 2.24. The molecule has 1 aliphatic heterocycles. The molecule has 7 nitrogen and oxygen atoms in total. The van der Waals surface area contributed by atoms with Gasteiger partial charge in [0, 0.05) is 19.6 Å². The van der Waals surface area contributed by atoms with Gasteiger partial charge in [0.05, 0.1) is 18.4 Å². The molecule has 1 aliphatic rings. The van der Waals surface area contributed by atoms with Gasteiger partial charge < -0.3 is 14.7 Å². The summed E-state index contributed by atoms with van der Waals surface area (Å²) in [5, 5.41) is 9.30. The topological polar surface area (TPSA) is 95.9 Å². The van der Waals surface area contributed by atoms with E-state index in [2.05, 4.69) is 4.72 Å². The van der Waals surface area contributed by atoms with E-state index in [4.69, 9.17) is 4.74 Å². The zero-order valence-corrected chi connectivity index (χ0v) is 17.2. The number of ether oxygens (including phenoxy) is 1. The van der Waals surface area contributed by atoms with Crippen molar-refractivity contribution >= 4 is 21.7 Å². The van der Waals surface area contributed by atoms with Crippen LogP contribution in [0.1, 0.15) is 35.2 Å². The van der Waals surface area contributed by atoms with Gasteiger partial charge in [-0.1, -0.05) is 12.1 Å². The minimum absolute atomic E-state index is 0.0223. The second kappa shape index (κ2) is 9.28. The van der Waals surface area contributed by atoms with Crippen LogP contribution in [0.15, 0.2) is 47.4 Å². The van der Waals surface area contributed by atoms with E-state index in [1.807, 2.05) is 29.2 Å². The van der Waals surface area contributed by atoms with Crippen LogP contribution >= 0.6 is 0 Å². The summed E-state index contributed by atoms with van der Waals surface area (Å²) in [5.41, 5.74) is 1.50. The number of hydrogen-bond donors (Lipinski definition) is 2. The van der Waals surface area contributed by atoms with Gasteiger partial charge in [-0.2, -0.15) is 0 Å². The number of sulfonamides is 1. The fraction of sp³-hybridized carbons (Fsp3) is 0.381. The summed E-state index contributed by atoms with van der Waals surface area (Å²) >= 11 is 0. The highest BCUT2D eigenvalue weighted by Crippen LogP contribution is 2.29. The highest BCUT2D eigenvalue weighted by molar-refractivity contribution is 7.89. The number of hydrogen-bond acceptors (Lipinski definition) is 5.